The first kappa shape index (κ1) is 19.4. The second-order valence-electron chi connectivity index (χ2n) is 5.84. The van der Waals surface area contributed by atoms with Crippen LogP contribution in [0.3, 0.4) is 0 Å². The van der Waals surface area contributed by atoms with E-state index in [2.05, 4.69) is 5.32 Å². The van der Waals surface area contributed by atoms with E-state index in [4.69, 9.17) is 9.47 Å². The molecule has 1 aromatic rings. The van der Waals surface area contributed by atoms with Crippen molar-refractivity contribution >= 4 is 21.9 Å². The van der Waals surface area contributed by atoms with Crippen molar-refractivity contribution < 1.29 is 27.5 Å². The molecule has 0 unspecified atom stereocenters. The smallest absolute Gasteiger partial charge is 0.338 e. The lowest BCUT2D eigenvalue weighted by atomic mass is 10.2. The predicted molar refractivity (Wildman–Crippen MR) is 89.6 cm³/mol. The molecule has 0 radical (unpaired) electrons. The molecule has 0 saturated carbocycles. The molecule has 0 aromatic heterocycles. The molecule has 1 amide bonds. The number of carbonyl (C=O) groups excluding carboxylic acids is 2. The van der Waals surface area contributed by atoms with E-state index in [1.807, 2.05) is 0 Å². The Morgan fingerprint density at radius 3 is 2.36 bits per heavy atom. The molecule has 1 aromatic carbocycles. The Balaban J connectivity index is 1.99. The molecule has 9 heteroatoms. The minimum atomic E-state index is -3.61. The largest absolute Gasteiger partial charge is 0.452 e. The highest BCUT2D eigenvalue weighted by Crippen LogP contribution is 2.18. The highest BCUT2D eigenvalue weighted by atomic mass is 32.2. The Kier molecular flexibility index (Phi) is 6.51. The number of amides is 1. The number of ether oxygens (including phenoxy) is 2. The van der Waals surface area contributed by atoms with Crippen LogP contribution in [0.2, 0.25) is 0 Å². The lowest BCUT2D eigenvalue weighted by Crippen LogP contribution is -2.40. The predicted octanol–water partition coefficient (Wildman–Crippen LogP) is 0.389. The van der Waals surface area contributed by atoms with E-state index in [-0.39, 0.29) is 23.1 Å². The number of hydrogen-bond acceptors (Lipinski definition) is 6. The third-order valence-corrected chi connectivity index (χ3v) is 5.39. The second-order valence-corrected chi connectivity index (χ2v) is 7.78. The third kappa shape index (κ3) is 5.25. The summed E-state index contributed by atoms with van der Waals surface area (Å²) < 4.78 is 36.4. The number of sulfonamides is 1. The summed E-state index contributed by atoms with van der Waals surface area (Å²) in [5.41, 5.74) is 0.179. The van der Waals surface area contributed by atoms with Crippen LogP contribution in [0.1, 0.15) is 24.2 Å². The maximum atomic E-state index is 12.5. The second kappa shape index (κ2) is 8.41. The highest BCUT2D eigenvalue weighted by molar-refractivity contribution is 7.89. The quantitative estimate of drug-likeness (QED) is 0.727. The zero-order valence-electron chi connectivity index (χ0n) is 14.2. The molecular formula is C16H22N2O6S. The summed E-state index contributed by atoms with van der Waals surface area (Å²) in [7, 11) is -3.61. The first-order valence-corrected chi connectivity index (χ1v) is 9.39. The molecule has 1 aliphatic heterocycles. The van der Waals surface area contributed by atoms with Crippen LogP contribution in [0.4, 0.5) is 0 Å². The fraction of sp³-hybridized carbons (Fsp3) is 0.500. The topological polar surface area (TPSA) is 102 Å². The van der Waals surface area contributed by atoms with Crippen LogP contribution in [-0.4, -0.2) is 63.6 Å². The third-order valence-electron chi connectivity index (χ3n) is 3.48. The van der Waals surface area contributed by atoms with Gasteiger partial charge in [-0.2, -0.15) is 4.31 Å². The minimum absolute atomic E-state index is 0.0455. The number of morpholine rings is 1. The van der Waals surface area contributed by atoms with E-state index in [1.165, 1.54) is 28.6 Å². The van der Waals surface area contributed by atoms with Gasteiger partial charge in [-0.3, -0.25) is 4.79 Å². The van der Waals surface area contributed by atoms with Crippen LogP contribution in [0.5, 0.6) is 0 Å². The molecule has 1 fully saturated rings. The fourth-order valence-corrected chi connectivity index (χ4v) is 3.69. The number of carbonyl (C=O) groups is 2. The molecule has 1 aliphatic rings. The fourth-order valence-electron chi connectivity index (χ4n) is 2.28. The van der Waals surface area contributed by atoms with Gasteiger partial charge in [-0.25, -0.2) is 13.2 Å². The van der Waals surface area contributed by atoms with Crippen LogP contribution < -0.4 is 5.32 Å². The molecule has 1 saturated heterocycles. The molecule has 2 rings (SSSR count). The Hall–Kier alpha value is -1.97. The van der Waals surface area contributed by atoms with Gasteiger partial charge in [0.25, 0.3) is 5.91 Å². The van der Waals surface area contributed by atoms with Crippen molar-refractivity contribution in [2.45, 2.75) is 24.8 Å². The van der Waals surface area contributed by atoms with Crippen LogP contribution in [0.25, 0.3) is 0 Å². The summed E-state index contributed by atoms with van der Waals surface area (Å²) in [6.07, 6.45) is 0. The number of nitrogens with zero attached hydrogens (tertiary/aromatic N) is 1. The van der Waals surface area contributed by atoms with E-state index >= 15 is 0 Å². The monoisotopic (exact) mass is 370 g/mol. The summed E-state index contributed by atoms with van der Waals surface area (Å²) in [5, 5.41) is 2.60. The maximum absolute atomic E-state index is 12.5. The van der Waals surface area contributed by atoms with Crippen molar-refractivity contribution in [3.05, 3.63) is 29.8 Å². The van der Waals surface area contributed by atoms with Gasteiger partial charge in [0.2, 0.25) is 10.0 Å². The van der Waals surface area contributed by atoms with E-state index in [1.54, 1.807) is 13.8 Å². The first-order valence-electron chi connectivity index (χ1n) is 7.95. The maximum Gasteiger partial charge on any atom is 0.338 e. The molecule has 1 N–H and O–H groups in total. The summed E-state index contributed by atoms with van der Waals surface area (Å²) in [6.45, 7) is 4.55. The Morgan fingerprint density at radius 2 is 1.80 bits per heavy atom. The zero-order chi connectivity index (χ0) is 18.4. The van der Waals surface area contributed by atoms with Gasteiger partial charge in [0.15, 0.2) is 6.61 Å². The summed E-state index contributed by atoms with van der Waals surface area (Å²) >= 11 is 0. The number of benzene rings is 1. The van der Waals surface area contributed by atoms with Gasteiger partial charge in [0, 0.05) is 19.1 Å². The molecule has 1 heterocycles. The molecule has 0 bridgehead atoms. The minimum Gasteiger partial charge on any atom is -0.452 e. The van der Waals surface area contributed by atoms with Gasteiger partial charge >= 0.3 is 5.97 Å². The molecule has 0 aliphatic carbocycles. The Morgan fingerprint density at radius 1 is 1.20 bits per heavy atom. The van der Waals surface area contributed by atoms with Gasteiger partial charge < -0.3 is 14.8 Å². The van der Waals surface area contributed by atoms with Crippen molar-refractivity contribution in [3.63, 3.8) is 0 Å². The molecule has 0 spiro atoms. The lowest BCUT2D eigenvalue weighted by molar-refractivity contribution is -0.124. The van der Waals surface area contributed by atoms with Gasteiger partial charge in [-0.15, -0.1) is 0 Å². The summed E-state index contributed by atoms with van der Waals surface area (Å²) in [4.78, 5) is 23.5. The van der Waals surface area contributed by atoms with Gasteiger partial charge in [0.1, 0.15) is 0 Å². The summed E-state index contributed by atoms with van der Waals surface area (Å²) in [5.74, 6) is -1.08. The van der Waals surface area contributed by atoms with Crippen molar-refractivity contribution in [1.82, 2.24) is 9.62 Å². The van der Waals surface area contributed by atoms with E-state index in [9.17, 15) is 18.0 Å². The zero-order valence-corrected chi connectivity index (χ0v) is 15.0. The van der Waals surface area contributed by atoms with Crippen molar-refractivity contribution in [2.75, 3.05) is 32.9 Å². The Bertz CT molecular complexity index is 709. The molecule has 138 valence electrons. The standard InChI is InChI=1S/C16H22N2O6S/c1-12(2)17-15(19)11-24-16(20)13-3-5-14(6-4-13)25(21,22)18-7-9-23-10-8-18/h3-6,12H,7-11H2,1-2H3,(H,17,19). The van der Waals surface area contributed by atoms with Gasteiger partial charge in [0.05, 0.1) is 23.7 Å². The first-order chi connectivity index (χ1) is 11.8. The number of rotatable bonds is 6. The van der Waals surface area contributed by atoms with Crippen LogP contribution in [0, 0.1) is 0 Å². The van der Waals surface area contributed by atoms with Crippen molar-refractivity contribution in [1.29, 1.82) is 0 Å². The molecule has 8 nitrogen and oxygen atoms in total. The molecular weight excluding hydrogens is 348 g/mol. The summed E-state index contributed by atoms with van der Waals surface area (Å²) in [6, 6.07) is 5.41. The highest BCUT2D eigenvalue weighted by Gasteiger charge is 2.26. The number of hydrogen-bond donors (Lipinski definition) is 1. The van der Waals surface area contributed by atoms with Crippen molar-refractivity contribution in [3.8, 4) is 0 Å². The lowest BCUT2D eigenvalue weighted by Gasteiger charge is -2.26. The number of nitrogens with one attached hydrogen (secondary N) is 1. The normalized spacial score (nSPS) is 15.8. The van der Waals surface area contributed by atoms with E-state index in [0.29, 0.717) is 26.3 Å². The average Bonchev–Trinajstić information content (AvgIpc) is 2.60. The number of esters is 1. The van der Waals surface area contributed by atoms with E-state index < -0.39 is 21.9 Å². The van der Waals surface area contributed by atoms with Crippen LogP contribution >= 0.6 is 0 Å². The molecule has 0 atom stereocenters. The molecule has 25 heavy (non-hydrogen) atoms. The van der Waals surface area contributed by atoms with Gasteiger partial charge in [-0.05, 0) is 38.1 Å². The van der Waals surface area contributed by atoms with E-state index in [0.717, 1.165) is 0 Å². The Labute approximate surface area is 147 Å². The van der Waals surface area contributed by atoms with Crippen LogP contribution in [-0.2, 0) is 24.3 Å². The van der Waals surface area contributed by atoms with Crippen molar-refractivity contribution in [2.24, 2.45) is 0 Å². The average molecular weight is 370 g/mol. The van der Waals surface area contributed by atoms with Gasteiger partial charge in [-0.1, -0.05) is 0 Å². The van der Waals surface area contributed by atoms with Crippen LogP contribution in [0.15, 0.2) is 29.2 Å². The SMILES string of the molecule is CC(C)NC(=O)COC(=O)c1ccc(S(=O)(=O)N2CCOCC2)cc1.